The van der Waals surface area contributed by atoms with Gasteiger partial charge in [0.2, 0.25) is 23.6 Å². The largest absolute Gasteiger partial charge is 0.382 e. The van der Waals surface area contributed by atoms with Gasteiger partial charge < -0.3 is 117 Å². The van der Waals surface area contributed by atoms with Crippen molar-refractivity contribution in [1.29, 1.82) is 0 Å². The molecule has 0 radical (unpaired) electrons. The third-order valence-corrected chi connectivity index (χ3v) is 10.0. The van der Waals surface area contributed by atoms with Gasteiger partial charge in [-0.15, -0.1) is 0 Å². The Labute approximate surface area is 468 Å². The summed E-state index contributed by atoms with van der Waals surface area (Å²) in [5.41, 5.74) is 4.09. The minimum Gasteiger partial charge on any atom is -0.382 e. The first kappa shape index (κ1) is 76.1. The SMILES string of the molecule is COCCOCCOCCOCCNC(=O)CCOCC(COCCC(=O)NCCOCCOCCOCCOC)(COCCC(=O)NCCOCCOCCOCCOC)NC(=O)CCOCCOCCOCCOCCN. The van der Waals surface area contributed by atoms with Crippen molar-refractivity contribution < 1.29 is 109 Å². The second-order valence-corrected chi connectivity index (χ2v) is 16.8. The topological polar surface area (TPSA) is 318 Å². The molecule has 0 aromatic rings. The molecule has 0 unspecified atom stereocenters. The fourth-order valence-electron chi connectivity index (χ4n) is 6.00. The van der Waals surface area contributed by atoms with E-state index in [4.69, 9.17) is 95.7 Å². The van der Waals surface area contributed by atoms with Crippen LogP contribution in [0.25, 0.3) is 0 Å². The number of hydrogen-bond donors (Lipinski definition) is 5. The van der Waals surface area contributed by atoms with Crippen molar-refractivity contribution in [2.24, 2.45) is 5.73 Å². The Kier molecular flexibility index (Phi) is 60.4. The van der Waals surface area contributed by atoms with Crippen LogP contribution in [0.5, 0.6) is 0 Å². The molecule has 0 fully saturated rings. The second kappa shape index (κ2) is 62.7. The van der Waals surface area contributed by atoms with Crippen LogP contribution in [-0.4, -0.2) is 308 Å². The van der Waals surface area contributed by atoms with Gasteiger partial charge in [0.15, 0.2) is 0 Å². The van der Waals surface area contributed by atoms with E-state index in [1.54, 1.807) is 21.3 Å². The third-order valence-electron chi connectivity index (χ3n) is 10.0. The zero-order valence-corrected chi connectivity index (χ0v) is 47.9. The zero-order valence-electron chi connectivity index (χ0n) is 47.9. The fourth-order valence-corrected chi connectivity index (χ4v) is 6.00. The van der Waals surface area contributed by atoms with E-state index in [-0.39, 0.29) is 136 Å². The molecule has 79 heavy (non-hydrogen) atoms. The average Bonchev–Trinajstić information content (AvgIpc) is 3.45. The summed E-state index contributed by atoms with van der Waals surface area (Å²) in [6.45, 7) is 12.3. The molecule has 0 aromatic heterocycles. The molecule has 28 heteroatoms. The van der Waals surface area contributed by atoms with Gasteiger partial charge in [0, 0.05) is 73.2 Å². The summed E-state index contributed by atoms with van der Waals surface area (Å²) in [4.78, 5) is 51.7. The van der Waals surface area contributed by atoms with Crippen molar-refractivity contribution in [3.05, 3.63) is 0 Å². The summed E-state index contributed by atoms with van der Waals surface area (Å²) in [6.07, 6.45) is -0.0179. The Bertz CT molecular complexity index is 1220. The molecule has 4 amide bonds. The number of nitrogens with one attached hydrogen (secondary N) is 4. The lowest BCUT2D eigenvalue weighted by Gasteiger charge is -2.34. The van der Waals surface area contributed by atoms with E-state index in [1.165, 1.54) is 0 Å². The van der Waals surface area contributed by atoms with Gasteiger partial charge in [0.1, 0.15) is 5.54 Å². The number of rotatable bonds is 66. The highest BCUT2D eigenvalue weighted by atomic mass is 16.6. The van der Waals surface area contributed by atoms with Crippen LogP contribution in [0.2, 0.25) is 0 Å². The number of hydrogen-bond acceptors (Lipinski definition) is 24. The summed E-state index contributed by atoms with van der Waals surface area (Å²) < 4.78 is 104. The summed E-state index contributed by atoms with van der Waals surface area (Å²) in [5, 5.41) is 11.4. The molecule has 0 spiro atoms. The number of amides is 4. The van der Waals surface area contributed by atoms with Crippen LogP contribution in [0.3, 0.4) is 0 Å². The van der Waals surface area contributed by atoms with E-state index < -0.39 is 11.4 Å². The number of methoxy groups -OCH3 is 3. The predicted molar refractivity (Wildman–Crippen MR) is 286 cm³/mol. The predicted octanol–water partition coefficient (Wildman–Crippen LogP) is -2.09. The first-order chi connectivity index (χ1) is 38.8. The summed E-state index contributed by atoms with van der Waals surface area (Å²) >= 11 is 0. The average molecular weight is 1150 g/mol. The summed E-state index contributed by atoms with van der Waals surface area (Å²) in [5.74, 6) is -1.22. The van der Waals surface area contributed by atoms with Crippen molar-refractivity contribution in [1.82, 2.24) is 21.3 Å². The second-order valence-electron chi connectivity index (χ2n) is 16.8. The Balaban J connectivity index is 5.37. The van der Waals surface area contributed by atoms with Crippen molar-refractivity contribution in [3.63, 3.8) is 0 Å². The first-order valence-corrected chi connectivity index (χ1v) is 27.3. The maximum atomic E-state index is 13.6. The van der Waals surface area contributed by atoms with Crippen LogP contribution in [0.15, 0.2) is 0 Å². The molecule has 0 aromatic carbocycles. The van der Waals surface area contributed by atoms with Crippen molar-refractivity contribution >= 4 is 23.6 Å². The molecule has 468 valence electrons. The van der Waals surface area contributed by atoms with Crippen molar-refractivity contribution in [2.45, 2.75) is 31.2 Å². The summed E-state index contributed by atoms with van der Waals surface area (Å²) in [6, 6.07) is 0. The maximum absolute atomic E-state index is 13.6. The lowest BCUT2D eigenvalue weighted by molar-refractivity contribution is -0.131. The van der Waals surface area contributed by atoms with Crippen LogP contribution in [-0.2, 0) is 109 Å². The van der Waals surface area contributed by atoms with E-state index in [0.29, 0.717) is 165 Å². The first-order valence-electron chi connectivity index (χ1n) is 27.3. The Morgan fingerprint density at radius 2 is 0.494 bits per heavy atom. The maximum Gasteiger partial charge on any atom is 0.222 e. The molecule has 6 N–H and O–H groups in total. The number of ether oxygens (including phenoxy) is 19. The van der Waals surface area contributed by atoms with Gasteiger partial charge in [-0.25, -0.2) is 0 Å². The highest BCUT2D eigenvalue weighted by Gasteiger charge is 2.34. The van der Waals surface area contributed by atoms with E-state index in [2.05, 4.69) is 21.3 Å². The molecule has 0 saturated carbocycles. The fraction of sp³-hybridized carbons (Fsp3) is 0.922. The van der Waals surface area contributed by atoms with Gasteiger partial charge in [-0.05, 0) is 0 Å². The highest BCUT2D eigenvalue weighted by Crippen LogP contribution is 2.11. The van der Waals surface area contributed by atoms with Gasteiger partial charge >= 0.3 is 0 Å². The minimum atomic E-state index is -1.32. The molecular formula is C51H101N5O23. The molecule has 28 nitrogen and oxygen atoms in total. The van der Waals surface area contributed by atoms with Crippen LogP contribution in [0.1, 0.15) is 25.7 Å². The van der Waals surface area contributed by atoms with Gasteiger partial charge in [-0.1, -0.05) is 0 Å². The Hall–Kier alpha value is -2.92. The lowest BCUT2D eigenvalue weighted by atomic mass is 10.0. The number of nitrogens with two attached hydrogens (primary N) is 1. The van der Waals surface area contributed by atoms with E-state index in [1.807, 2.05) is 0 Å². The lowest BCUT2D eigenvalue weighted by Crippen LogP contribution is -2.59. The highest BCUT2D eigenvalue weighted by molar-refractivity contribution is 5.77. The van der Waals surface area contributed by atoms with Crippen molar-refractivity contribution in [3.8, 4) is 0 Å². The molecule has 0 aliphatic rings. The molecule has 0 heterocycles. The zero-order chi connectivity index (χ0) is 57.5. The standard InChI is InChI=1S/C51H101N5O23/c1-61-20-23-69-36-39-74-33-28-66-17-9-53-47(57)4-13-77-44-51(56-50(60)7-12-64-26-31-72-42-43-73-32-27-65-16-8-52,45-78-14-5-48(58)54-10-18-67-29-34-75-40-37-70-24-21-62-2)46-79-15-6-49(59)55-11-19-68-30-35-76-41-38-71-25-22-63-3/h4-46,52H2,1-3H3,(H,53,57)(H,54,58)(H,55,59)(H,56,60). The van der Waals surface area contributed by atoms with Crippen LogP contribution in [0, 0.1) is 0 Å². The smallest absolute Gasteiger partial charge is 0.222 e. The van der Waals surface area contributed by atoms with Gasteiger partial charge in [-0.2, -0.15) is 0 Å². The molecular weight excluding hydrogens is 1050 g/mol. The normalized spacial score (nSPS) is 11.6. The van der Waals surface area contributed by atoms with E-state index in [0.717, 1.165) is 0 Å². The van der Waals surface area contributed by atoms with Crippen LogP contribution >= 0.6 is 0 Å². The molecule has 0 bridgehead atoms. The molecule has 0 aliphatic carbocycles. The quantitative estimate of drug-likeness (QED) is 0.0408. The Morgan fingerprint density at radius 3 is 0.759 bits per heavy atom. The van der Waals surface area contributed by atoms with Gasteiger partial charge in [0.25, 0.3) is 0 Å². The van der Waals surface area contributed by atoms with Crippen LogP contribution < -0.4 is 27.0 Å². The van der Waals surface area contributed by atoms with Crippen LogP contribution in [0.4, 0.5) is 0 Å². The summed E-state index contributed by atoms with van der Waals surface area (Å²) in [7, 11) is 4.83. The molecule has 0 rings (SSSR count). The third kappa shape index (κ3) is 58.1. The van der Waals surface area contributed by atoms with E-state index >= 15 is 0 Å². The number of carbonyl (C=O) groups excluding carboxylic acids is 4. The van der Waals surface area contributed by atoms with Crippen molar-refractivity contribution in [2.75, 3.05) is 279 Å². The Morgan fingerprint density at radius 1 is 0.278 bits per heavy atom. The minimum absolute atomic E-state index is 0.00549. The molecule has 0 atom stereocenters. The van der Waals surface area contributed by atoms with E-state index in [9.17, 15) is 19.2 Å². The molecule has 0 saturated heterocycles. The number of carbonyl (C=O) groups is 4. The monoisotopic (exact) mass is 1150 g/mol. The molecule has 0 aliphatic heterocycles. The van der Waals surface area contributed by atoms with Gasteiger partial charge in [0.05, 0.1) is 231 Å². The van der Waals surface area contributed by atoms with Gasteiger partial charge in [-0.3, -0.25) is 19.2 Å².